The van der Waals surface area contributed by atoms with Crippen molar-refractivity contribution in [3.05, 3.63) is 54.1 Å². The summed E-state index contributed by atoms with van der Waals surface area (Å²) in [7, 11) is 0. The van der Waals surface area contributed by atoms with E-state index in [4.69, 9.17) is 4.99 Å². The van der Waals surface area contributed by atoms with Crippen molar-refractivity contribution in [3.63, 3.8) is 0 Å². The maximum Gasteiger partial charge on any atom is 0.191 e. The van der Waals surface area contributed by atoms with E-state index >= 15 is 0 Å². The van der Waals surface area contributed by atoms with Gasteiger partial charge in [0.25, 0.3) is 0 Å². The number of rotatable bonds is 8. The second-order valence-electron chi connectivity index (χ2n) is 8.46. The van der Waals surface area contributed by atoms with Crippen LogP contribution in [0.25, 0.3) is 0 Å². The lowest BCUT2D eigenvalue weighted by molar-refractivity contribution is 0.0982. The Hall–Kier alpha value is -2.34. The van der Waals surface area contributed by atoms with E-state index in [1.807, 2.05) is 18.7 Å². The van der Waals surface area contributed by atoms with Gasteiger partial charge < -0.3 is 15.2 Å². The molecule has 0 spiro atoms. The molecule has 1 aromatic carbocycles. The summed E-state index contributed by atoms with van der Waals surface area (Å²) in [6.07, 6.45) is 9.64. The molecule has 1 aliphatic heterocycles. The van der Waals surface area contributed by atoms with Crippen LogP contribution >= 0.6 is 0 Å². The molecular weight excluding hydrogens is 360 g/mol. The lowest BCUT2D eigenvalue weighted by atomic mass is 9.98. The van der Waals surface area contributed by atoms with Crippen LogP contribution in [0.5, 0.6) is 0 Å². The van der Waals surface area contributed by atoms with E-state index in [0.29, 0.717) is 6.54 Å². The zero-order chi connectivity index (χ0) is 20.5. The number of likely N-dealkylation sites (tertiary alicyclic amines) is 1. The van der Waals surface area contributed by atoms with Crippen LogP contribution in [0.1, 0.15) is 51.2 Å². The Morgan fingerprint density at radius 1 is 1.14 bits per heavy atom. The summed E-state index contributed by atoms with van der Waals surface area (Å²) in [6.45, 7) is 12.4. The number of benzene rings is 1. The van der Waals surface area contributed by atoms with Crippen molar-refractivity contribution in [1.82, 2.24) is 25.1 Å². The van der Waals surface area contributed by atoms with Crippen molar-refractivity contribution in [1.29, 1.82) is 0 Å². The van der Waals surface area contributed by atoms with E-state index < -0.39 is 0 Å². The molecule has 2 heterocycles. The van der Waals surface area contributed by atoms with E-state index in [-0.39, 0.29) is 5.54 Å². The van der Waals surface area contributed by atoms with Gasteiger partial charge in [-0.1, -0.05) is 30.7 Å². The topological polar surface area (TPSA) is 57.5 Å². The Labute approximate surface area is 175 Å². The van der Waals surface area contributed by atoms with E-state index in [2.05, 4.69) is 70.1 Å². The first-order valence-electron chi connectivity index (χ1n) is 10.9. The first kappa shape index (κ1) is 21.4. The van der Waals surface area contributed by atoms with E-state index in [0.717, 1.165) is 25.6 Å². The second kappa shape index (κ2) is 10.4. The van der Waals surface area contributed by atoms with Crippen LogP contribution < -0.4 is 10.6 Å². The van der Waals surface area contributed by atoms with Crippen LogP contribution in [0.15, 0.2) is 48.0 Å². The average Bonchev–Trinajstić information content (AvgIpc) is 3.24. The molecule has 0 amide bonds. The van der Waals surface area contributed by atoms with Gasteiger partial charge in [-0.2, -0.15) is 0 Å². The maximum absolute atomic E-state index is 4.83. The van der Waals surface area contributed by atoms with Gasteiger partial charge in [0, 0.05) is 37.6 Å². The van der Waals surface area contributed by atoms with Crippen molar-refractivity contribution in [2.45, 2.75) is 58.7 Å². The number of guanidine groups is 1. The highest BCUT2D eigenvalue weighted by molar-refractivity contribution is 5.79. The number of piperidine rings is 1. The lowest BCUT2D eigenvalue weighted by Gasteiger charge is -2.41. The van der Waals surface area contributed by atoms with Crippen molar-refractivity contribution >= 4 is 5.96 Å². The summed E-state index contributed by atoms with van der Waals surface area (Å²) in [5.41, 5.74) is 2.61. The molecule has 29 heavy (non-hydrogen) atoms. The van der Waals surface area contributed by atoms with Crippen LogP contribution in [-0.2, 0) is 13.1 Å². The molecule has 158 valence electrons. The molecule has 6 heteroatoms. The first-order chi connectivity index (χ1) is 14.1. The SMILES string of the molecule is CCNC(=NCc1cccc(Cn2ccnc2)c1)NCC(C)(C)N1CCCCC1. The number of hydrogen-bond acceptors (Lipinski definition) is 3. The van der Waals surface area contributed by atoms with Gasteiger partial charge in [-0.15, -0.1) is 0 Å². The van der Waals surface area contributed by atoms with Crippen molar-refractivity contribution in [3.8, 4) is 0 Å². The predicted octanol–water partition coefficient (Wildman–Crippen LogP) is 3.25. The minimum Gasteiger partial charge on any atom is -0.357 e. The average molecular weight is 397 g/mol. The maximum atomic E-state index is 4.83. The fourth-order valence-electron chi connectivity index (χ4n) is 3.84. The highest BCUT2D eigenvalue weighted by Crippen LogP contribution is 2.19. The largest absolute Gasteiger partial charge is 0.357 e. The molecule has 6 nitrogen and oxygen atoms in total. The Bertz CT molecular complexity index is 759. The molecule has 0 unspecified atom stereocenters. The number of nitrogens with one attached hydrogen (secondary N) is 2. The predicted molar refractivity (Wildman–Crippen MR) is 120 cm³/mol. The minimum absolute atomic E-state index is 0.126. The number of hydrogen-bond donors (Lipinski definition) is 2. The lowest BCUT2D eigenvalue weighted by Crippen LogP contribution is -2.54. The summed E-state index contributed by atoms with van der Waals surface area (Å²) >= 11 is 0. The standard InChI is InChI=1S/C23H36N6/c1-4-25-22(27-18-23(2,3)29-12-6-5-7-13-29)26-16-20-9-8-10-21(15-20)17-28-14-11-24-19-28/h8-11,14-15,19H,4-7,12-13,16-18H2,1-3H3,(H2,25,26,27). The molecule has 3 rings (SSSR count). The zero-order valence-corrected chi connectivity index (χ0v) is 18.2. The van der Waals surface area contributed by atoms with Crippen molar-refractivity contribution in [2.75, 3.05) is 26.2 Å². The molecule has 1 aliphatic rings. The zero-order valence-electron chi connectivity index (χ0n) is 18.2. The molecular formula is C23H36N6. The number of aliphatic imine (C=N–C) groups is 1. The van der Waals surface area contributed by atoms with Gasteiger partial charge in [0.15, 0.2) is 5.96 Å². The molecule has 0 atom stereocenters. The van der Waals surface area contributed by atoms with Crippen LogP contribution in [0.4, 0.5) is 0 Å². The van der Waals surface area contributed by atoms with E-state index in [9.17, 15) is 0 Å². The molecule has 1 fully saturated rings. The Balaban J connectivity index is 1.58. The minimum atomic E-state index is 0.126. The Morgan fingerprint density at radius 2 is 1.93 bits per heavy atom. The normalized spacial score (nSPS) is 16.0. The number of nitrogens with zero attached hydrogens (tertiary/aromatic N) is 4. The molecule has 0 bridgehead atoms. The molecule has 2 aromatic rings. The second-order valence-corrected chi connectivity index (χ2v) is 8.46. The third kappa shape index (κ3) is 6.60. The highest BCUT2D eigenvalue weighted by Gasteiger charge is 2.27. The monoisotopic (exact) mass is 396 g/mol. The van der Waals surface area contributed by atoms with Crippen LogP contribution in [0.3, 0.4) is 0 Å². The van der Waals surface area contributed by atoms with Gasteiger partial charge in [-0.3, -0.25) is 4.90 Å². The molecule has 0 radical (unpaired) electrons. The van der Waals surface area contributed by atoms with E-state index in [1.54, 1.807) is 0 Å². The van der Waals surface area contributed by atoms with Crippen LogP contribution in [0, 0.1) is 0 Å². The molecule has 0 saturated carbocycles. The summed E-state index contributed by atoms with van der Waals surface area (Å²) in [5.74, 6) is 0.887. The number of aromatic nitrogens is 2. The summed E-state index contributed by atoms with van der Waals surface area (Å²) in [6, 6.07) is 8.63. The van der Waals surface area contributed by atoms with Crippen LogP contribution in [-0.4, -0.2) is 52.1 Å². The molecule has 1 saturated heterocycles. The number of imidazole rings is 1. The summed E-state index contributed by atoms with van der Waals surface area (Å²) in [5, 5.41) is 6.95. The van der Waals surface area contributed by atoms with Gasteiger partial charge in [-0.05, 0) is 57.8 Å². The van der Waals surface area contributed by atoms with Crippen LogP contribution in [0.2, 0.25) is 0 Å². The van der Waals surface area contributed by atoms with E-state index in [1.165, 1.54) is 43.5 Å². The van der Waals surface area contributed by atoms with Gasteiger partial charge >= 0.3 is 0 Å². The smallest absolute Gasteiger partial charge is 0.191 e. The molecule has 0 aliphatic carbocycles. The third-order valence-corrected chi connectivity index (χ3v) is 5.58. The quantitative estimate of drug-likeness (QED) is 0.531. The first-order valence-corrected chi connectivity index (χ1v) is 10.9. The van der Waals surface area contributed by atoms with Crippen molar-refractivity contribution < 1.29 is 0 Å². The summed E-state index contributed by atoms with van der Waals surface area (Å²) in [4.78, 5) is 11.5. The fraction of sp³-hybridized carbons (Fsp3) is 0.565. The van der Waals surface area contributed by atoms with Gasteiger partial charge in [0.05, 0.1) is 12.9 Å². The fourth-order valence-corrected chi connectivity index (χ4v) is 3.84. The molecule has 2 N–H and O–H groups in total. The highest BCUT2D eigenvalue weighted by atomic mass is 15.2. The van der Waals surface area contributed by atoms with Gasteiger partial charge in [-0.25, -0.2) is 9.98 Å². The van der Waals surface area contributed by atoms with Gasteiger partial charge in [0.2, 0.25) is 0 Å². The molecule has 1 aromatic heterocycles. The Morgan fingerprint density at radius 3 is 2.66 bits per heavy atom. The summed E-state index contributed by atoms with van der Waals surface area (Å²) < 4.78 is 2.08. The third-order valence-electron chi connectivity index (χ3n) is 5.58. The van der Waals surface area contributed by atoms with Gasteiger partial charge in [0.1, 0.15) is 0 Å². The van der Waals surface area contributed by atoms with Crippen molar-refractivity contribution in [2.24, 2.45) is 4.99 Å². The Kier molecular flexibility index (Phi) is 7.69.